The van der Waals surface area contributed by atoms with E-state index in [2.05, 4.69) is 0 Å². The molecule has 0 heterocycles. The molecule has 0 saturated carbocycles. The van der Waals surface area contributed by atoms with Crippen LogP contribution in [0, 0.1) is 20.8 Å². The zero-order valence-electron chi connectivity index (χ0n) is 15.0. The summed E-state index contributed by atoms with van der Waals surface area (Å²) in [7, 11) is 1.59. The van der Waals surface area contributed by atoms with Gasteiger partial charge in [-0.05, 0) is 55.7 Å². The molecule has 4 nitrogen and oxygen atoms in total. The van der Waals surface area contributed by atoms with Crippen molar-refractivity contribution in [2.24, 2.45) is 0 Å². The molecule has 130 valence electrons. The van der Waals surface area contributed by atoms with Gasteiger partial charge < -0.3 is 9.47 Å². The molecule has 0 aliphatic rings. The number of hydrogen-bond donors (Lipinski definition) is 0. The van der Waals surface area contributed by atoms with E-state index in [-0.39, 0.29) is 12.4 Å². The van der Waals surface area contributed by atoms with Crippen LogP contribution in [-0.4, -0.2) is 25.5 Å². The molecule has 2 aromatic carbocycles. The van der Waals surface area contributed by atoms with E-state index < -0.39 is 5.97 Å². The number of ether oxygens (including phenoxy) is 2. The maximum atomic E-state index is 12.3. The van der Waals surface area contributed by atoms with Gasteiger partial charge in [0.1, 0.15) is 5.75 Å². The SMILES string of the molecule is COc1ccc(/C=C/C(=O)OCC(=O)c2c(C)cc(C)cc2C)cc1. The first kappa shape index (κ1) is 18.5. The zero-order valence-corrected chi connectivity index (χ0v) is 15.0. The third kappa shape index (κ3) is 5.05. The number of hydrogen-bond acceptors (Lipinski definition) is 4. The van der Waals surface area contributed by atoms with Gasteiger partial charge in [0.2, 0.25) is 5.78 Å². The molecule has 0 aromatic heterocycles. The molecule has 0 saturated heterocycles. The summed E-state index contributed by atoms with van der Waals surface area (Å²) < 4.78 is 10.1. The monoisotopic (exact) mass is 338 g/mol. The number of esters is 1. The Morgan fingerprint density at radius 1 is 1.00 bits per heavy atom. The Balaban J connectivity index is 1.95. The maximum Gasteiger partial charge on any atom is 0.331 e. The number of methoxy groups -OCH3 is 1. The summed E-state index contributed by atoms with van der Waals surface area (Å²) in [4.78, 5) is 24.1. The maximum absolute atomic E-state index is 12.3. The van der Waals surface area contributed by atoms with E-state index in [1.165, 1.54) is 6.08 Å². The van der Waals surface area contributed by atoms with Gasteiger partial charge in [-0.1, -0.05) is 29.8 Å². The standard InChI is InChI=1S/C21H22O4/c1-14-11-15(2)21(16(3)12-14)19(22)13-25-20(23)10-7-17-5-8-18(24-4)9-6-17/h5-12H,13H2,1-4H3/b10-7+. The highest BCUT2D eigenvalue weighted by atomic mass is 16.5. The van der Waals surface area contributed by atoms with Gasteiger partial charge in [-0.2, -0.15) is 0 Å². The smallest absolute Gasteiger partial charge is 0.331 e. The predicted molar refractivity (Wildman–Crippen MR) is 98.0 cm³/mol. The number of carbonyl (C=O) groups is 2. The Morgan fingerprint density at radius 3 is 2.16 bits per heavy atom. The fraction of sp³-hybridized carbons (Fsp3) is 0.238. The molecule has 0 aliphatic carbocycles. The first-order valence-corrected chi connectivity index (χ1v) is 8.00. The van der Waals surface area contributed by atoms with Gasteiger partial charge in [-0.3, -0.25) is 4.79 Å². The van der Waals surface area contributed by atoms with Crippen molar-refractivity contribution in [3.05, 3.63) is 70.3 Å². The molecule has 4 heteroatoms. The Labute approximate surface area is 148 Å². The van der Waals surface area contributed by atoms with Crippen molar-refractivity contribution in [2.45, 2.75) is 20.8 Å². The first-order chi connectivity index (χ1) is 11.9. The van der Waals surface area contributed by atoms with E-state index in [0.717, 1.165) is 28.0 Å². The van der Waals surface area contributed by atoms with Crippen LogP contribution in [0.3, 0.4) is 0 Å². The number of carbonyl (C=O) groups excluding carboxylic acids is 2. The van der Waals surface area contributed by atoms with Crippen molar-refractivity contribution in [3.63, 3.8) is 0 Å². The van der Waals surface area contributed by atoms with Crippen LogP contribution < -0.4 is 4.74 Å². The summed E-state index contributed by atoms with van der Waals surface area (Å²) in [6.07, 6.45) is 2.94. The van der Waals surface area contributed by atoms with Gasteiger partial charge >= 0.3 is 5.97 Å². The highest BCUT2D eigenvalue weighted by Gasteiger charge is 2.14. The predicted octanol–water partition coefficient (Wildman–Crippen LogP) is 4.06. The van der Waals surface area contributed by atoms with Crippen LogP contribution in [0.15, 0.2) is 42.5 Å². The van der Waals surface area contributed by atoms with Gasteiger partial charge in [0, 0.05) is 11.6 Å². The lowest BCUT2D eigenvalue weighted by Gasteiger charge is -2.10. The van der Waals surface area contributed by atoms with Crippen molar-refractivity contribution in [3.8, 4) is 5.75 Å². The Kier molecular flexibility index (Phi) is 6.12. The number of aryl methyl sites for hydroxylation is 3. The lowest BCUT2D eigenvalue weighted by molar-refractivity contribution is -0.136. The Morgan fingerprint density at radius 2 is 1.60 bits per heavy atom. The molecule has 0 aliphatic heterocycles. The molecule has 0 spiro atoms. The van der Waals surface area contributed by atoms with E-state index in [1.54, 1.807) is 25.3 Å². The highest BCUT2D eigenvalue weighted by Crippen LogP contribution is 2.17. The molecule has 0 unspecified atom stereocenters. The molecular formula is C21H22O4. The van der Waals surface area contributed by atoms with Crippen molar-refractivity contribution in [1.29, 1.82) is 0 Å². The van der Waals surface area contributed by atoms with Crippen molar-refractivity contribution >= 4 is 17.8 Å². The van der Waals surface area contributed by atoms with E-state index in [1.807, 2.05) is 45.0 Å². The minimum absolute atomic E-state index is 0.193. The van der Waals surface area contributed by atoms with Crippen LogP contribution >= 0.6 is 0 Å². The van der Waals surface area contributed by atoms with Crippen LogP contribution in [0.4, 0.5) is 0 Å². The fourth-order valence-corrected chi connectivity index (χ4v) is 2.76. The molecule has 25 heavy (non-hydrogen) atoms. The molecule has 0 radical (unpaired) electrons. The first-order valence-electron chi connectivity index (χ1n) is 8.00. The second-order valence-corrected chi connectivity index (χ2v) is 5.91. The van der Waals surface area contributed by atoms with Gasteiger partial charge in [0.05, 0.1) is 7.11 Å². The number of rotatable bonds is 6. The van der Waals surface area contributed by atoms with Gasteiger partial charge in [-0.15, -0.1) is 0 Å². The summed E-state index contributed by atoms with van der Waals surface area (Å²) in [5.74, 6) is 0.00180. The van der Waals surface area contributed by atoms with E-state index >= 15 is 0 Å². The normalized spacial score (nSPS) is 10.7. The molecule has 0 atom stereocenters. The fourth-order valence-electron chi connectivity index (χ4n) is 2.76. The third-order valence-electron chi connectivity index (χ3n) is 3.83. The molecule has 2 rings (SSSR count). The molecule has 0 N–H and O–H groups in total. The van der Waals surface area contributed by atoms with Crippen molar-refractivity contribution in [1.82, 2.24) is 0 Å². The molecule has 0 amide bonds. The summed E-state index contributed by atoms with van der Waals surface area (Å²) in [6, 6.07) is 11.2. The summed E-state index contributed by atoms with van der Waals surface area (Å²) in [5, 5.41) is 0. The van der Waals surface area contributed by atoms with E-state index in [9.17, 15) is 9.59 Å². The lowest BCUT2D eigenvalue weighted by atomic mass is 9.97. The second kappa shape index (κ2) is 8.29. The minimum Gasteiger partial charge on any atom is -0.497 e. The minimum atomic E-state index is -0.549. The van der Waals surface area contributed by atoms with Crippen LogP contribution in [0.2, 0.25) is 0 Å². The second-order valence-electron chi connectivity index (χ2n) is 5.91. The quantitative estimate of drug-likeness (QED) is 0.453. The number of ketones is 1. The topological polar surface area (TPSA) is 52.6 Å². The van der Waals surface area contributed by atoms with Crippen molar-refractivity contribution < 1.29 is 19.1 Å². The van der Waals surface area contributed by atoms with Gasteiger partial charge in [0.15, 0.2) is 6.61 Å². The lowest BCUT2D eigenvalue weighted by Crippen LogP contribution is -2.15. The van der Waals surface area contributed by atoms with Crippen LogP contribution in [0.1, 0.15) is 32.6 Å². The number of benzene rings is 2. The summed E-state index contributed by atoms with van der Waals surface area (Å²) >= 11 is 0. The average molecular weight is 338 g/mol. The molecule has 0 fully saturated rings. The molecule has 2 aromatic rings. The van der Waals surface area contributed by atoms with Crippen LogP contribution in [0.5, 0.6) is 5.75 Å². The van der Waals surface area contributed by atoms with E-state index in [0.29, 0.717) is 5.56 Å². The van der Waals surface area contributed by atoms with Gasteiger partial charge in [-0.25, -0.2) is 4.79 Å². The summed E-state index contributed by atoms with van der Waals surface area (Å²) in [5.41, 5.74) is 4.36. The van der Waals surface area contributed by atoms with Crippen molar-refractivity contribution in [2.75, 3.05) is 13.7 Å². The third-order valence-corrected chi connectivity index (χ3v) is 3.83. The van der Waals surface area contributed by atoms with Crippen LogP contribution in [0.25, 0.3) is 6.08 Å². The largest absolute Gasteiger partial charge is 0.497 e. The van der Waals surface area contributed by atoms with E-state index in [4.69, 9.17) is 9.47 Å². The molecular weight excluding hydrogens is 316 g/mol. The zero-order chi connectivity index (χ0) is 18.4. The van der Waals surface area contributed by atoms with Gasteiger partial charge in [0.25, 0.3) is 0 Å². The average Bonchev–Trinajstić information content (AvgIpc) is 2.57. The Bertz CT molecular complexity index is 778. The van der Waals surface area contributed by atoms with Crippen LogP contribution in [-0.2, 0) is 9.53 Å². The highest BCUT2D eigenvalue weighted by molar-refractivity contribution is 6.01. The Hall–Kier alpha value is -2.88. The molecule has 0 bridgehead atoms. The number of Topliss-reactive ketones (excluding diaryl/α,β-unsaturated/α-hetero) is 1. The summed E-state index contributed by atoms with van der Waals surface area (Å²) in [6.45, 7) is 5.49.